The molecule has 0 aliphatic rings. The summed E-state index contributed by atoms with van der Waals surface area (Å²) in [5, 5.41) is 12.4. The molecule has 1 aromatic carbocycles. The molecule has 1 N–H and O–H groups in total. The molecule has 8 nitrogen and oxygen atoms in total. The van der Waals surface area contributed by atoms with Crippen molar-refractivity contribution in [1.29, 1.82) is 0 Å². The summed E-state index contributed by atoms with van der Waals surface area (Å²) in [6.07, 6.45) is 1.69. The monoisotopic (exact) mass is 397 g/mol. The first-order valence-electron chi connectivity index (χ1n) is 9.55. The number of aromatic nitrogens is 4. The molecule has 1 amide bonds. The van der Waals surface area contributed by atoms with Crippen LogP contribution in [-0.2, 0) is 16.9 Å². The number of anilines is 1. The molecule has 0 spiro atoms. The minimum Gasteiger partial charge on any atom is -0.497 e. The van der Waals surface area contributed by atoms with Gasteiger partial charge in [-0.25, -0.2) is 4.68 Å². The van der Waals surface area contributed by atoms with Gasteiger partial charge in [0.05, 0.1) is 24.5 Å². The van der Waals surface area contributed by atoms with Crippen LogP contribution in [0.1, 0.15) is 46.2 Å². The summed E-state index contributed by atoms with van der Waals surface area (Å²) in [6.45, 7) is 9.76. The minimum absolute atomic E-state index is 0.0756. The van der Waals surface area contributed by atoms with Crippen LogP contribution >= 0.6 is 0 Å². The van der Waals surface area contributed by atoms with Gasteiger partial charge in [0.15, 0.2) is 0 Å². The van der Waals surface area contributed by atoms with Crippen LogP contribution < -0.4 is 15.6 Å². The van der Waals surface area contributed by atoms with Crippen molar-refractivity contribution in [1.82, 2.24) is 19.6 Å². The third-order valence-electron chi connectivity index (χ3n) is 4.56. The Morgan fingerprint density at radius 1 is 1.21 bits per heavy atom. The van der Waals surface area contributed by atoms with E-state index in [9.17, 15) is 9.59 Å². The normalized spacial score (nSPS) is 11.8. The van der Waals surface area contributed by atoms with Crippen molar-refractivity contribution in [3.63, 3.8) is 0 Å². The highest BCUT2D eigenvalue weighted by Crippen LogP contribution is 2.24. The molecule has 0 bridgehead atoms. The Bertz CT molecular complexity index is 1090. The van der Waals surface area contributed by atoms with Gasteiger partial charge in [0, 0.05) is 11.1 Å². The molecule has 154 valence electrons. The van der Waals surface area contributed by atoms with E-state index < -0.39 is 0 Å². The molecule has 0 saturated heterocycles. The van der Waals surface area contributed by atoms with Crippen LogP contribution in [0.2, 0.25) is 0 Å². The summed E-state index contributed by atoms with van der Waals surface area (Å²) in [7, 11) is 1.58. The predicted molar refractivity (Wildman–Crippen MR) is 112 cm³/mol. The fraction of sp³-hybridized carbons (Fsp3) is 0.429. The number of hydrogen-bond acceptors (Lipinski definition) is 5. The summed E-state index contributed by atoms with van der Waals surface area (Å²) in [5.74, 6) is 0.440. The molecular weight excluding hydrogens is 370 g/mol. The van der Waals surface area contributed by atoms with Crippen LogP contribution in [0.4, 0.5) is 5.69 Å². The van der Waals surface area contributed by atoms with Crippen molar-refractivity contribution >= 4 is 22.5 Å². The van der Waals surface area contributed by atoms with Gasteiger partial charge in [-0.15, -0.1) is 0 Å². The fourth-order valence-electron chi connectivity index (χ4n) is 3.15. The molecule has 0 atom stereocenters. The second kappa shape index (κ2) is 7.69. The summed E-state index contributed by atoms with van der Waals surface area (Å²) in [4.78, 5) is 25.7. The van der Waals surface area contributed by atoms with E-state index in [4.69, 9.17) is 4.74 Å². The van der Waals surface area contributed by atoms with Gasteiger partial charge in [0.2, 0.25) is 5.91 Å². The Balaban J connectivity index is 1.98. The first kappa shape index (κ1) is 20.6. The second-order valence-electron chi connectivity index (χ2n) is 8.27. The highest BCUT2D eigenvalue weighted by molar-refractivity contribution is 5.90. The van der Waals surface area contributed by atoms with E-state index in [1.165, 1.54) is 4.68 Å². The zero-order valence-electron chi connectivity index (χ0n) is 17.7. The van der Waals surface area contributed by atoms with Gasteiger partial charge >= 0.3 is 0 Å². The largest absolute Gasteiger partial charge is 0.497 e. The zero-order valence-corrected chi connectivity index (χ0v) is 17.7. The molecule has 2 heterocycles. The number of carbonyl (C=O) groups is 1. The van der Waals surface area contributed by atoms with Crippen LogP contribution in [0.5, 0.6) is 5.75 Å². The molecule has 0 radical (unpaired) electrons. The molecule has 3 rings (SSSR count). The van der Waals surface area contributed by atoms with E-state index in [1.807, 2.05) is 34.6 Å². The standard InChI is InChI=1S/C21H27N5O3/c1-13(2)18-16-11-22-26(21(3,4)5)19(16)20(28)25(24-18)12-17(27)23-14-7-9-15(29-6)10-8-14/h7-11,13H,12H2,1-6H3,(H,23,27). The number of methoxy groups -OCH3 is 1. The molecule has 8 heteroatoms. The molecule has 0 aliphatic heterocycles. The summed E-state index contributed by atoms with van der Waals surface area (Å²) >= 11 is 0. The van der Waals surface area contributed by atoms with Crippen molar-refractivity contribution in [3.05, 3.63) is 46.5 Å². The third-order valence-corrected chi connectivity index (χ3v) is 4.56. The fourth-order valence-corrected chi connectivity index (χ4v) is 3.15. The molecule has 0 unspecified atom stereocenters. The Morgan fingerprint density at radius 2 is 1.86 bits per heavy atom. The maximum Gasteiger partial charge on any atom is 0.293 e. The molecule has 0 fully saturated rings. The molecule has 29 heavy (non-hydrogen) atoms. The van der Waals surface area contributed by atoms with Gasteiger partial charge in [-0.05, 0) is 51.0 Å². The quantitative estimate of drug-likeness (QED) is 0.714. The van der Waals surface area contributed by atoms with Crippen LogP contribution in [0.25, 0.3) is 10.9 Å². The number of amides is 1. The topological polar surface area (TPSA) is 91.0 Å². The smallest absolute Gasteiger partial charge is 0.293 e. The van der Waals surface area contributed by atoms with Crippen LogP contribution in [0.3, 0.4) is 0 Å². The number of nitrogens with zero attached hydrogens (tertiary/aromatic N) is 4. The average molecular weight is 397 g/mol. The summed E-state index contributed by atoms with van der Waals surface area (Å²) in [5.41, 5.74) is 1.12. The summed E-state index contributed by atoms with van der Waals surface area (Å²) in [6, 6.07) is 6.99. The Labute approximate surface area is 169 Å². The van der Waals surface area contributed by atoms with Crippen LogP contribution in [-0.4, -0.2) is 32.6 Å². The molecule has 0 saturated carbocycles. The molecule has 3 aromatic rings. The zero-order chi connectivity index (χ0) is 21.3. The van der Waals surface area contributed by atoms with Gasteiger partial charge in [-0.2, -0.15) is 10.2 Å². The van der Waals surface area contributed by atoms with Crippen molar-refractivity contribution in [2.75, 3.05) is 12.4 Å². The highest BCUT2D eigenvalue weighted by atomic mass is 16.5. The van der Waals surface area contributed by atoms with Gasteiger partial charge in [-0.3, -0.25) is 14.3 Å². The third kappa shape index (κ3) is 4.16. The van der Waals surface area contributed by atoms with Crippen molar-refractivity contribution in [2.24, 2.45) is 0 Å². The van der Waals surface area contributed by atoms with Gasteiger partial charge in [-0.1, -0.05) is 13.8 Å². The van der Waals surface area contributed by atoms with Crippen LogP contribution in [0, 0.1) is 0 Å². The highest BCUT2D eigenvalue weighted by Gasteiger charge is 2.24. The van der Waals surface area contributed by atoms with Crippen molar-refractivity contribution in [2.45, 2.75) is 52.6 Å². The Hall–Kier alpha value is -3.16. The van der Waals surface area contributed by atoms with Gasteiger partial charge < -0.3 is 10.1 Å². The lowest BCUT2D eigenvalue weighted by molar-refractivity contribution is -0.117. The van der Waals surface area contributed by atoms with E-state index in [2.05, 4.69) is 15.5 Å². The number of hydrogen-bond donors (Lipinski definition) is 1. The Kier molecular flexibility index (Phi) is 5.46. The lowest BCUT2D eigenvalue weighted by Gasteiger charge is -2.21. The van der Waals surface area contributed by atoms with Crippen molar-refractivity contribution in [3.8, 4) is 5.75 Å². The van der Waals surface area contributed by atoms with E-state index in [0.717, 1.165) is 11.1 Å². The predicted octanol–water partition coefficient (Wildman–Crippen LogP) is 3.12. The maximum absolute atomic E-state index is 13.1. The Morgan fingerprint density at radius 3 is 2.41 bits per heavy atom. The minimum atomic E-state index is -0.375. The summed E-state index contributed by atoms with van der Waals surface area (Å²) < 4.78 is 8.04. The van der Waals surface area contributed by atoms with Crippen molar-refractivity contribution < 1.29 is 9.53 Å². The maximum atomic E-state index is 13.1. The van der Waals surface area contributed by atoms with E-state index >= 15 is 0 Å². The molecule has 2 aromatic heterocycles. The van der Waals surface area contributed by atoms with E-state index in [0.29, 0.717) is 17.0 Å². The van der Waals surface area contributed by atoms with Gasteiger partial charge in [0.1, 0.15) is 17.8 Å². The van der Waals surface area contributed by atoms with E-state index in [-0.39, 0.29) is 29.5 Å². The first-order valence-corrected chi connectivity index (χ1v) is 9.55. The molecule has 0 aliphatic carbocycles. The number of rotatable bonds is 5. The SMILES string of the molecule is COc1ccc(NC(=O)Cn2nc(C(C)C)c3cnn(C(C)(C)C)c3c2=O)cc1. The number of carbonyl (C=O) groups excluding carboxylic acids is 1. The van der Waals surface area contributed by atoms with Gasteiger partial charge in [0.25, 0.3) is 5.56 Å². The number of nitrogens with one attached hydrogen (secondary N) is 1. The molecular formula is C21H27N5O3. The second-order valence-corrected chi connectivity index (χ2v) is 8.27. The average Bonchev–Trinajstić information content (AvgIpc) is 3.10. The number of fused-ring (bicyclic) bond motifs is 1. The number of ether oxygens (including phenoxy) is 1. The number of benzene rings is 1. The lowest BCUT2D eigenvalue weighted by atomic mass is 10.1. The van der Waals surface area contributed by atoms with Crippen LogP contribution in [0.15, 0.2) is 35.3 Å². The lowest BCUT2D eigenvalue weighted by Crippen LogP contribution is -2.34. The first-order chi connectivity index (χ1) is 13.6. The van der Waals surface area contributed by atoms with E-state index in [1.54, 1.807) is 42.3 Å².